The van der Waals surface area contributed by atoms with E-state index in [-0.39, 0.29) is 0 Å². The zero-order valence-electron chi connectivity index (χ0n) is 13.4. The molecule has 1 N–H and O–H groups in total. The molecule has 1 aromatic carbocycles. The second kappa shape index (κ2) is 6.61. The first-order chi connectivity index (χ1) is 10.00. The Morgan fingerprint density at radius 3 is 2.24 bits per heavy atom. The van der Waals surface area contributed by atoms with Gasteiger partial charge in [-0.1, -0.05) is 38.1 Å². The Morgan fingerprint density at radius 1 is 1.24 bits per heavy atom. The fraction of sp³-hybridized carbons (Fsp3) is 0.611. The van der Waals surface area contributed by atoms with Gasteiger partial charge in [0.2, 0.25) is 0 Å². The minimum atomic E-state index is -0.650. The number of aliphatic carboxylic acids is 1. The smallest absolute Gasteiger partial charge is 0.309 e. The summed E-state index contributed by atoms with van der Waals surface area (Å²) in [5.41, 5.74) is 2.18. The maximum Gasteiger partial charge on any atom is 0.309 e. The van der Waals surface area contributed by atoms with E-state index in [1.807, 2.05) is 6.92 Å². The molecule has 3 nitrogen and oxygen atoms in total. The summed E-state index contributed by atoms with van der Waals surface area (Å²) in [6.45, 7) is 8.00. The van der Waals surface area contributed by atoms with E-state index in [1.54, 1.807) is 0 Å². The summed E-state index contributed by atoms with van der Waals surface area (Å²) in [7, 11) is 0. The number of carbonyl (C=O) groups is 1. The van der Waals surface area contributed by atoms with Crippen LogP contribution in [-0.4, -0.2) is 29.1 Å². The predicted octanol–water partition coefficient (Wildman–Crippen LogP) is 3.89. The number of nitrogens with zero attached hydrogens (tertiary/aromatic N) is 1. The van der Waals surface area contributed by atoms with Crippen molar-refractivity contribution in [2.24, 2.45) is 5.41 Å². The predicted molar refractivity (Wildman–Crippen MR) is 85.4 cm³/mol. The van der Waals surface area contributed by atoms with Crippen LogP contribution in [0, 0.1) is 5.41 Å². The van der Waals surface area contributed by atoms with Crippen LogP contribution in [0.3, 0.4) is 0 Å². The van der Waals surface area contributed by atoms with Gasteiger partial charge >= 0.3 is 5.97 Å². The highest BCUT2D eigenvalue weighted by molar-refractivity contribution is 5.74. The van der Waals surface area contributed by atoms with Crippen LogP contribution in [0.25, 0.3) is 0 Å². The lowest BCUT2D eigenvalue weighted by molar-refractivity contribution is -0.151. The average molecular weight is 289 g/mol. The van der Waals surface area contributed by atoms with Crippen LogP contribution in [0.15, 0.2) is 24.3 Å². The van der Waals surface area contributed by atoms with Gasteiger partial charge in [-0.3, -0.25) is 9.69 Å². The fourth-order valence-electron chi connectivity index (χ4n) is 3.22. The molecule has 0 saturated carbocycles. The molecule has 0 radical (unpaired) electrons. The van der Waals surface area contributed by atoms with Crippen molar-refractivity contribution in [3.05, 3.63) is 35.4 Å². The van der Waals surface area contributed by atoms with Crippen molar-refractivity contribution in [3.8, 4) is 0 Å². The van der Waals surface area contributed by atoms with E-state index in [1.165, 1.54) is 11.1 Å². The molecule has 1 aromatic rings. The van der Waals surface area contributed by atoms with Gasteiger partial charge in [-0.2, -0.15) is 0 Å². The number of likely N-dealkylation sites (tertiary alicyclic amines) is 1. The normalized spacial score (nSPS) is 20.1. The van der Waals surface area contributed by atoms with Crippen LogP contribution in [0.4, 0.5) is 0 Å². The van der Waals surface area contributed by atoms with E-state index in [0.717, 1.165) is 38.8 Å². The third-order valence-electron chi connectivity index (χ3n) is 5.02. The molecule has 1 aliphatic heterocycles. The summed E-state index contributed by atoms with van der Waals surface area (Å²) in [6, 6.07) is 9.30. The van der Waals surface area contributed by atoms with Crippen molar-refractivity contribution in [1.82, 2.24) is 4.90 Å². The second-order valence-electron chi connectivity index (χ2n) is 6.42. The highest BCUT2D eigenvalue weighted by Crippen LogP contribution is 2.35. The zero-order chi connectivity index (χ0) is 15.5. The van der Waals surface area contributed by atoms with Crippen molar-refractivity contribution in [2.45, 2.75) is 52.5 Å². The minimum absolute atomic E-state index is 0.411. The Hall–Kier alpha value is -1.35. The number of carboxylic acid groups (broad SMARTS) is 1. The number of piperidine rings is 1. The van der Waals surface area contributed by atoms with E-state index >= 15 is 0 Å². The maximum absolute atomic E-state index is 11.3. The van der Waals surface area contributed by atoms with Crippen molar-refractivity contribution in [1.29, 1.82) is 0 Å². The molecule has 2 rings (SSSR count). The van der Waals surface area contributed by atoms with Gasteiger partial charge in [0.25, 0.3) is 0 Å². The van der Waals surface area contributed by atoms with Crippen LogP contribution in [0.2, 0.25) is 0 Å². The molecule has 1 fully saturated rings. The van der Waals surface area contributed by atoms with Crippen LogP contribution in [0.5, 0.6) is 0 Å². The van der Waals surface area contributed by atoms with E-state index < -0.39 is 11.4 Å². The molecule has 1 unspecified atom stereocenters. The fourth-order valence-corrected chi connectivity index (χ4v) is 3.22. The molecule has 0 aromatic heterocycles. The number of rotatable bonds is 5. The third-order valence-corrected chi connectivity index (χ3v) is 5.02. The van der Waals surface area contributed by atoms with Gasteiger partial charge in [0.05, 0.1) is 5.41 Å². The van der Waals surface area contributed by atoms with Crippen molar-refractivity contribution >= 4 is 5.97 Å². The highest BCUT2D eigenvalue weighted by atomic mass is 16.4. The Bertz CT molecular complexity index is 472. The molecule has 21 heavy (non-hydrogen) atoms. The minimum Gasteiger partial charge on any atom is -0.481 e. The largest absolute Gasteiger partial charge is 0.481 e. The SMILES string of the molecule is CCc1ccc(C(CC)N2CCC(C)(C(=O)O)CC2)cc1. The van der Waals surface area contributed by atoms with Gasteiger partial charge in [0, 0.05) is 6.04 Å². The molecule has 0 aliphatic carbocycles. The van der Waals surface area contributed by atoms with Crippen molar-refractivity contribution in [3.63, 3.8) is 0 Å². The Morgan fingerprint density at radius 2 is 1.81 bits per heavy atom. The first-order valence-electron chi connectivity index (χ1n) is 8.06. The molecular weight excluding hydrogens is 262 g/mol. The van der Waals surface area contributed by atoms with E-state index in [9.17, 15) is 9.90 Å². The van der Waals surface area contributed by atoms with Gasteiger partial charge in [-0.15, -0.1) is 0 Å². The average Bonchev–Trinajstić information content (AvgIpc) is 2.50. The number of benzene rings is 1. The maximum atomic E-state index is 11.3. The van der Waals surface area contributed by atoms with Gasteiger partial charge in [-0.05, 0) is 56.8 Å². The molecule has 1 heterocycles. The lowest BCUT2D eigenvalue weighted by atomic mass is 9.80. The van der Waals surface area contributed by atoms with E-state index in [4.69, 9.17) is 0 Å². The van der Waals surface area contributed by atoms with Crippen LogP contribution in [-0.2, 0) is 11.2 Å². The monoisotopic (exact) mass is 289 g/mol. The van der Waals surface area contributed by atoms with Crippen molar-refractivity contribution < 1.29 is 9.90 Å². The molecule has 0 bridgehead atoms. The molecule has 116 valence electrons. The first-order valence-corrected chi connectivity index (χ1v) is 8.06. The summed E-state index contributed by atoms with van der Waals surface area (Å²) in [6.07, 6.45) is 3.62. The molecular formula is C18H27NO2. The van der Waals surface area contributed by atoms with Crippen LogP contribution >= 0.6 is 0 Å². The van der Waals surface area contributed by atoms with E-state index in [0.29, 0.717) is 6.04 Å². The topological polar surface area (TPSA) is 40.5 Å². The summed E-state index contributed by atoms with van der Waals surface area (Å²) in [5, 5.41) is 9.34. The summed E-state index contributed by atoms with van der Waals surface area (Å²) in [5.74, 6) is -0.650. The molecule has 1 saturated heterocycles. The Labute approximate surface area is 128 Å². The third kappa shape index (κ3) is 3.46. The quantitative estimate of drug-likeness (QED) is 0.894. The van der Waals surface area contributed by atoms with Gasteiger partial charge in [-0.25, -0.2) is 0 Å². The Balaban J connectivity index is 2.07. The van der Waals surface area contributed by atoms with Gasteiger partial charge in [0.15, 0.2) is 0 Å². The van der Waals surface area contributed by atoms with Gasteiger partial charge < -0.3 is 5.11 Å². The van der Waals surface area contributed by atoms with Crippen LogP contribution in [0.1, 0.15) is 57.2 Å². The number of hydrogen-bond acceptors (Lipinski definition) is 2. The summed E-state index contributed by atoms with van der Waals surface area (Å²) >= 11 is 0. The molecule has 3 heteroatoms. The zero-order valence-corrected chi connectivity index (χ0v) is 13.4. The first kappa shape index (κ1) is 16.0. The van der Waals surface area contributed by atoms with E-state index in [2.05, 4.69) is 43.0 Å². The standard InChI is InChI=1S/C18H27NO2/c1-4-14-6-8-15(9-7-14)16(5-2)19-12-10-18(3,11-13-19)17(20)21/h6-9,16H,4-5,10-13H2,1-3H3,(H,20,21). The Kier molecular flexibility index (Phi) is 5.04. The second-order valence-corrected chi connectivity index (χ2v) is 6.42. The lowest BCUT2D eigenvalue weighted by Gasteiger charge is -2.40. The number of carboxylic acids is 1. The van der Waals surface area contributed by atoms with Crippen LogP contribution < -0.4 is 0 Å². The molecule has 0 amide bonds. The molecule has 1 aliphatic rings. The highest BCUT2D eigenvalue weighted by Gasteiger charge is 2.38. The van der Waals surface area contributed by atoms with Gasteiger partial charge in [0.1, 0.15) is 0 Å². The summed E-state index contributed by atoms with van der Waals surface area (Å²) < 4.78 is 0. The number of aryl methyl sites for hydroxylation is 1. The molecule has 1 atom stereocenters. The molecule has 0 spiro atoms. The summed E-state index contributed by atoms with van der Waals surface area (Å²) in [4.78, 5) is 13.8. The lowest BCUT2D eigenvalue weighted by Crippen LogP contribution is -2.44. The number of hydrogen-bond donors (Lipinski definition) is 1. The van der Waals surface area contributed by atoms with Crippen molar-refractivity contribution in [2.75, 3.05) is 13.1 Å².